The number of hydrogen-bond acceptors (Lipinski definition) is 7. The Kier molecular flexibility index (Phi) is 7.01. The lowest BCUT2D eigenvalue weighted by Gasteiger charge is -2.34. The molecule has 33 heavy (non-hydrogen) atoms. The second-order valence-corrected chi connectivity index (χ2v) is 8.99. The average molecular weight is 484 g/mol. The Bertz CT molecular complexity index is 988. The average Bonchev–Trinajstić information content (AvgIpc) is 3.52. The van der Waals surface area contributed by atoms with Gasteiger partial charge in [-0.3, -0.25) is 4.79 Å². The van der Waals surface area contributed by atoms with E-state index in [-0.39, 0.29) is 23.8 Å². The quantitative estimate of drug-likeness (QED) is 0.603. The maximum Gasteiger partial charge on any atom is 0.417 e. The van der Waals surface area contributed by atoms with Gasteiger partial charge in [0, 0.05) is 32.7 Å². The van der Waals surface area contributed by atoms with E-state index in [0.717, 1.165) is 36.2 Å². The number of anilines is 1. The Morgan fingerprint density at radius 2 is 1.85 bits per heavy atom. The van der Waals surface area contributed by atoms with Crippen LogP contribution >= 0.6 is 11.3 Å². The molecule has 1 N–H and O–H groups in total. The molecular weight excluding hydrogens is 459 g/mol. The van der Waals surface area contributed by atoms with Crippen molar-refractivity contribution in [3.63, 3.8) is 0 Å². The number of hydrogen-bond donors (Lipinski definition) is 1. The van der Waals surface area contributed by atoms with Gasteiger partial charge in [-0.2, -0.15) is 13.2 Å². The van der Waals surface area contributed by atoms with Gasteiger partial charge in [0.05, 0.1) is 11.1 Å². The van der Waals surface area contributed by atoms with E-state index >= 15 is 0 Å². The third-order valence-electron chi connectivity index (χ3n) is 5.63. The zero-order valence-electron chi connectivity index (χ0n) is 17.8. The summed E-state index contributed by atoms with van der Waals surface area (Å²) in [6.45, 7) is 1.78. The van der Waals surface area contributed by atoms with Gasteiger partial charge in [-0.15, -0.1) is 5.10 Å². The Morgan fingerprint density at radius 3 is 2.55 bits per heavy atom. The van der Waals surface area contributed by atoms with Crippen LogP contribution in [0.15, 0.2) is 24.3 Å². The summed E-state index contributed by atoms with van der Waals surface area (Å²) in [5.41, 5.74) is -1.29. The van der Waals surface area contributed by atoms with E-state index in [0.29, 0.717) is 24.8 Å². The van der Waals surface area contributed by atoms with E-state index in [1.807, 2.05) is 4.90 Å². The van der Waals surface area contributed by atoms with Crippen LogP contribution in [-0.4, -0.2) is 59.8 Å². The highest BCUT2D eigenvalue weighted by atomic mass is 32.1. The van der Waals surface area contributed by atoms with Gasteiger partial charge < -0.3 is 19.9 Å². The van der Waals surface area contributed by atoms with Crippen molar-refractivity contribution in [2.45, 2.75) is 31.9 Å². The Labute approximate surface area is 192 Å². The molecule has 178 valence electrons. The summed E-state index contributed by atoms with van der Waals surface area (Å²) in [4.78, 5) is 27.8. The van der Waals surface area contributed by atoms with Crippen LogP contribution in [0.25, 0.3) is 0 Å². The molecule has 8 nitrogen and oxygen atoms in total. The largest absolute Gasteiger partial charge is 0.417 e. The summed E-state index contributed by atoms with van der Waals surface area (Å²) in [5, 5.41) is 11.2. The number of halogens is 3. The van der Waals surface area contributed by atoms with Crippen molar-refractivity contribution in [1.82, 2.24) is 20.4 Å². The van der Waals surface area contributed by atoms with Crippen LogP contribution in [0.5, 0.6) is 5.19 Å². The molecule has 1 aromatic carbocycles. The van der Waals surface area contributed by atoms with E-state index in [2.05, 4.69) is 15.5 Å². The third kappa shape index (κ3) is 6.12. The monoisotopic (exact) mass is 483 g/mol. The van der Waals surface area contributed by atoms with E-state index in [9.17, 15) is 22.8 Å². The smallest absolute Gasteiger partial charge is 0.380 e. The Hall–Kier alpha value is -2.89. The molecule has 2 heterocycles. The summed E-state index contributed by atoms with van der Waals surface area (Å²) in [5.74, 6) is 0.158. The number of nitrogens with one attached hydrogen (secondary N) is 1. The van der Waals surface area contributed by atoms with Crippen LogP contribution in [0.3, 0.4) is 0 Å². The predicted molar refractivity (Wildman–Crippen MR) is 115 cm³/mol. The van der Waals surface area contributed by atoms with Crippen LogP contribution in [0.2, 0.25) is 0 Å². The third-order valence-corrected chi connectivity index (χ3v) is 6.49. The van der Waals surface area contributed by atoms with Gasteiger partial charge in [0.25, 0.3) is 5.91 Å². The number of carbonyl (C=O) groups excluding carboxylic acids is 2. The number of benzene rings is 1. The Balaban J connectivity index is 1.27. The number of amides is 2. The minimum absolute atomic E-state index is 0.113. The predicted octanol–water partition coefficient (Wildman–Crippen LogP) is 3.80. The lowest BCUT2D eigenvalue weighted by Crippen LogP contribution is -2.49. The molecule has 0 radical (unpaired) electrons. The topological polar surface area (TPSA) is 87.7 Å². The molecule has 1 saturated carbocycles. The molecule has 1 aliphatic heterocycles. The number of piperazine rings is 1. The van der Waals surface area contributed by atoms with Crippen molar-refractivity contribution in [2.24, 2.45) is 5.92 Å². The lowest BCUT2D eigenvalue weighted by molar-refractivity contribution is -0.138. The van der Waals surface area contributed by atoms with Gasteiger partial charge in [0.15, 0.2) is 0 Å². The minimum Gasteiger partial charge on any atom is -0.380 e. The number of rotatable bonds is 7. The summed E-state index contributed by atoms with van der Waals surface area (Å²) >= 11 is 1.10. The van der Waals surface area contributed by atoms with Crippen molar-refractivity contribution >= 4 is 28.5 Å². The van der Waals surface area contributed by atoms with Crippen LogP contribution in [-0.2, 0) is 6.18 Å². The molecule has 12 heteroatoms. The van der Waals surface area contributed by atoms with E-state index in [1.165, 1.54) is 35.9 Å². The molecule has 0 atom stereocenters. The van der Waals surface area contributed by atoms with Gasteiger partial charge in [0.2, 0.25) is 5.13 Å². The molecule has 1 saturated heterocycles. The first-order chi connectivity index (χ1) is 15.8. The summed E-state index contributed by atoms with van der Waals surface area (Å²) in [6, 6.07) is 4.80. The zero-order chi connectivity index (χ0) is 23.4. The molecular formula is C21H24F3N5O3S. The fraction of sp³-hybridized carbons (Fsp3) is 0.524. The number of nitrogens with zero attached hydrogens (tertiary/aromatic N) is 4. The summed E-state index contributed by atoms with van der Waals surface area (Å²) in [6.07, 6.45) is -0.590. The number of alkyl halides is 3. The highest BCUT2D eigenvalue weighted by Gasteiger charge is 2.36. The van der Waals surface area contributed by atoms with Crippen molar-refractivity contribution in [3.05, 3.63) is 35.4 Å². The molecule has 2 aliphatic rings. The summed E-state index contributed by atoms with van der Waals surface area (Å²) < 4.78 is 44.9. The van der Waals surface area contributed by atoms with Gasteiger partial charge in [0.1, 0.15) is 0 Å². The first-order valence-corrected chi connectivity index (χ1v) is 11.6. The molecule has 0 unspecified atom stereocenters. The number of aromatic nitrogens is 2. The van der Waals surface area contributed by atoms with E-state index < -0.39 is 23.7 Å². The molecule has 1 aromatic heterocycles. The van der Waals surface area contributed by atoms with Gasteiger partial charge in [-0.1, -0.05) is 30.1 Å². The normalized spacial score (nSPS) is 16.6. The van der Waals surface area contributed by atoms with Gasteiger partial charge in [-0.05, 0) is 42.2 Å². The summed E-state index contributed by atoms with van der Waals surface area (Å²) in [7, 11) is 0. The Morgan fingerprint density at radius 1 is 1.12 bits per heavy atom. The maximum absolute atomic E-state index is 13.2. The highest BCUT2D eigenvalue weighted by molar-refractivity contribution is 7.17. The van der Waals surface area contributed by atoms with Crippen molar-refractivity contribution in [3.8, 4) is 5.19 Å². The lowest BCUT2D eigenvalue weighted by atomic mass is 10.1. The molecule has 0 bridgehead atoms. The van der Waals surface area contributed by atoms with Crippen LogP contribution < -0.4 is 15.0 Å². The van der Waals surface area contributed by atoms with Crippen molar-refractivity contribution in [2.75, 3.05) is 37.6 Å². The zero-order valence-corrected chi connectivity index (χ0v) is 18.6. The van der Waals surface area contributed by atoms with Gasteiger partial charge in [-0.25, -0.2) is 4.79 Å². The van der Waals surface area contributed by atoms with Crippen LogP contribution in [0.4, 0.5) is 23.1 Å². The molecule has 2 aromatic rings. The fourth-order valence-corrected chi connectivity index (χ4v) is 4.41. The minimum atomic E-state index is -4.60. The van der Waals surface area contributed by atoms with Crippen LogP contribution in [0, 0.1) is 5.92 Å². The van der Waals surface area contributed by atoms with Gasteiger partial charge >= 0.3 is 17.5 Å². The van der Waals surface area contributed by atoms with Crippen LogP contribution in [0.1, 0.15) is 41.6 Å². The molecule has 0 spiro atoms. The number of carbonyl (C=O) groups is 2. The highest BCUT2D eigenvalue weighted by Crippen LogP contribution is 2.34. The van der Waals surface area contributed by atoms with E-state index in [1.54, 1.807) is 0 Å². The molecule has 2 fully saturated rings. The van der Waals surface area contributed by atoms with Crippen molar-refractivity contribution < 1.29 is 27.5 Å². The molecule has 2 amide bonds. The fourth-order valence-electron chi connectivity index (χ4n) is 3.66. The standard InChI is InChI=1S/C21H24F3N5O3S/c22-21(23,24)16-6-2-1-5-15(16)17(30)28-10-12-29(13-11-28)18-26-27-20(33-18)32-19(31)25-9-3-4-14-7-8-14/h1-2,5-6,14H,3-4,7-13H2,(H,25,31). The van der Waals surface area contributed by atoms with Crippen molar-refractivity contribution in [1.29, 1.82) is 0 Å². The van der Waals surface area contributed by atoms with E-state index in [4.69, 9.17) is 4.74 Å². The second-order valence-electron chi connectivity index (χ2n) is 8.08. The first kappa shape index (κ1) is 23.3. The molecule has 1 aliphatic carbocycles. The SMILES string of the molecule is O=C(NCCCC1CC1)Oc1nnc(N2CCN(C(=O)c3ccccc3C(F)(F)F)CC2)s1. The molecule has 4 rings (SSSR count). The first-order valence-electron chi connectivity index (χ1n) is 10.8. The second kappa shape index (κ2) is 9.94. The maximum atomic E-state index is 13.2. The number of ether oxygens (including phenoxy) is 1.